The summed E-state index contributed by atoms with van der Waals surface area (Å²) in [5, 5.41) is 0. The zero-order valence-corrected chi connectivity index (χ0v) is 11.0. The Bertz CT molecular complexity index is 260. The summed E-state index contributed by atoms with van der Waals surface area (Å²) in [5.41, 5.74) is 0. The molecule has 1 rings (SSSR count). The van der Waals surface area contributed by atoms with E-state index < -0.39 is 0 Å². The molecule has 0 aromatic carbocycles. The summed E-state index contributed by atoms with van der Waals surface area (Å²) in [6, 6.07) is 0. The lowest BCUT2D eigenvalue weighted by molar-refractivity contribution is -0.144. The molecule has 1 aliphatic rings. The van der Waals surface area contributed by atoms with E-state index in [2.05, 4.69) is 6.92 Å². The summed E-state index contributed by atoms with van der Waals surface area (Å²) in [6.07, 6.45) is 6.42. The second-order valence-electron chi connectivity index (χ2n) is 4.97. The number of carbonyl (C=O) groups is 2. The third-order valence-electron chi connectivity index (χ3n) is 3.48. The predicted molar refractivity (Wildman–Crippen MR) is 66.6 cm³/mol. The van der Waals surface area contributed by atoms with Gasteiger partial charge in [0.05, 0.1) is 6.61 Å². The topological polar surface area (TPSA) is 43.4 Å². The second-order valence-corrected chi connectivity index (χ2v) is 4.97. The summed E-state index contributed by atoms with van der Waals surface area (Å²) in [5.74, 6) is 0.643. The summed E-state index contributed by atoms with van der Waals surface area (Å²) < 4.78 is 4.92. The van der Waals surface area contributed by atoms with Crippen molar-refractivity contribution in [2.24, 2.45) is 11.8 Å². The van der Waals surface area contributed by atoms with E-state index in [0.29, 0.717) is 25.2 Å². The van der Waals surface area contributed by atoms with Gasteiger partial charge in [0, 0.05) is 18.8 Å². The lowest BCUT2D eigenvalue weighted by atomic mass is 9.97. The normalized spacial score (nSPS) is 24.0. The Kier molecular flexibility index (Phi) is 6.23. The van der Waals surface area contributed by atoms with Crippen molar-refractivity contribution in [2.45, 2.75) is 58.8 Å². The Morgan fingerprint density at radius 1 is 1.35 bits per heavy atom. The first-order chi connectivity index (χ1) is 8.17. The summed E-state index contributed by atoms with van der Waals surface area (Å²) >= 11 is 0. The van der Waals surface area contributed by atoms with E-state index in [1.807, 2.05) is 6.92 Å². The fraction of sp³-hybridized carbons (Fsp3) is 0.857. The zero-order valence-electron chi connectivity index (χ0n) is 11.0. The van der Waals surface area contributed by atoms with Crippen LogP contribution in [0.25, 0.3) is 0 Å². The van der Waals surface area contributed by atoms with Crippen LogP contribution in [0.4, 0.5) is 0 Å². The van der Waals surface area contributed by atoms with Gasteiger partial charge in [0.25, 0.3) is 0 Å². The average molecular weight is 240 g/mol. The van der Waals surface area contributed by atoms with Crippen molar-refractivity contribution >= 4 is 11.8 Å². The van der Waals surface area contributed by atoms with Gasteiger partial charge in [0.15, 0.2) is 0 Å². The fourth-order valence-electron chi connectivity index (χ4n) is 2.60. The number of hydrogen-bond donors (Lipinski definition) is 0. The van der Waals surface area contributed by atoms with E-state index in [1.54, 1.807) is 0 Å². The molecule has 17 heavy (non-hydrogen) atoms. The molecular formula is C14H24O3. The van der Waals surface area contributed by atoms with Gasteiger partial charge < -0.3 is 4.74 Å². The van der Waals surface area contributed by atoms with Crippen LogP contribution < -0.4 is 0 Å². The quantitative estimate of drug-likeness (QED) is 0.507. The molecule has 0 aliphatic heterocycles. The molecule has 0 spiro atoms. The molecule has 2 atom stereocenters. The molecule has 1 fully saturated rings. The summed E-state index contributed by atoms with van der Waals surface area (Å²) in [6.45, 7) is 4.41. The number of ether oxygens (including phenoxy) is 1. The SMILES string of the molecule is CCCCCC1CC(CC(=O)OCC)CC1=O. The molecule has 0 amide bonds. The first-order valence-electron chi connectivity index (χ1n) is 6.85. The molecule has 1 saturated carbocycles. The minimum atomic E-state index is -0.153. The molecule has 98 valence electrons. The van der Waals surface area contributed by atoms with Crippen molar-refractivity contribution in [3.05, 3.63) is 0 Å². The van der Waals surface area contributed by atoms with Gasteiger partial charge in [-0.15, -0.1) is 0 Å². The summed E-state index contributed by atoms with van der Waals surface area (Å²) in [4.78, 5) is 23.1. The van der Waals surface area contributed by atoms with Crippen molar-refractivity contribution in [3.63, 3.8) is 0 Å². The highest BCUT2D eigenvalue weighted by Crippen LogP contribution is 2.33. The molecule has 0 bridgehead atoms. The van der Waals surface area contributed by atoms with Crippen molar-refractivity contribution in [1.82, 2.24) is 0 Å². The Morgan fingerprint density at radius 3 is 2.76 bits per heavy atom. The predicted octanol–water partition coefficient (Wildman–Crippen LogP) is 3.12. The molecule has 0 saturated heterocycles. The molecule has 0 radical (unpaired) electrons. The standard InChI is InChI=1S/C14H24O3/c1-3-5-6-7-12-8-11(9-13(12)15)10-14(16)17-4-2/h11-12H,3-10H2,1-2H3. The Labute approximate surface area is 104 Å². The van der Waals surface area contributed by atoms with Crippen LogP contribution in [0.1, 0.15) is 58.8 Å². The van der Waals surface area contributed by atoms with Gasteiger partial charge in [-0.1, -0.05) is 26.2 Å². The zero-order chi connectivity index (χ0) is 12.7. The van der Waals surface area contributed by atoms with Crippen LogP contribution in [0.15, 0.2) is 0 Å². The van der Waals surface area contributed by atoms with E-state index in [1.165, 1.54) is 12.8 Å². The van der Waals surface area contributed by atoms with E-state index in [9.17, 15) is 9.59 Å². The van der Waals surface area contributed by atoms with Gasteiger partial charge in [-0.3, -0.25) is 9.59 Å². The van der Waals surface area contributed by atoms with Crippen LogP contribution in [-0.2, 0) is 14.3 Å². The summed E-state index contributed by atoms with van der Waals surface area (Å²) in [7, 11) is 0. The van der Waals surface area contributed by atoms with Crippen LogP contribution >= 0.6 is 0 Å². The van der Waals surface area contributed by atoms with Crippen molar-refractivity contribution in [3.8, 4) is 0 Å². The maximum absolute atomic E-state index is 11.8. The van der Waals surface area contributed by atoms with Crippen LogP contribution in [0.3, 0.4) is 0 Å². The monoisotopic (exact) mass is 240 g/mol. The largest absolute Gasteiger partial charge is 0.466 e. The van der Waals surface area contributed by atoms with E-state index >= 15 is 0 Å². The van der Waals surface area contributed by atoms with Crippen LogP contribution in [0, 0.1) is 11.8 Å². The molecule has 2 unspecified atom stereocenters. The number of rotatable bonds is 7. The Hall–Kier alpha value is -0.860. The van der Waals surface area contributed by atoms with Crippen molar-refractivity contribution in [2.75, 3.05) is 6.61 Å². The Morgan fingerprint density at radius 2 is 2.12 bits per heavy atom. The van der Waals surface area contributed by atoms with Gasteiger partial charge >= 0.3 is 5.97 Å². The number of hydrogen-bond acceptors (Lipinski definition) is 3. The van der Waals surface area contributed by atoms with E-state index in [0.717, 1.165) is 19.3 Å². The maximum Gasteiger partial charge on any atom is 0.306 e. The number of esters is 1. The van der Waals surface area contributed by atoms with Crippen LogP contribution in [0.2, 0.25) is 0 Å². The van der Waals surface area contributed by atoms with Crippen molar-refractivity contribution in [1.29, 1.82) is 0 Å². The van der Waals surface area contributed by atoms with Crippen molar-refractivity contribution < 1.29 is 14.3 Å². The molecule has 0 aromatic heterocycles. The van der Waals surface area contributed by atoms with Crippen LogP contribution in [-0.4, -0.2) is 18.4 Å². The highest BCUT2D eigenvalue weighted by atomic mass is 16.5. The van der Waals surface area contributed by atoms with Crippen LogP contribution in [0.5, 0.6) is 0 Å². The molecule has 0 N–H and O–H groups in total. The first-order valence-corrected chi connectivity index (χ1v) is 6.85. The highest BCUT2D eigenvalue weighted by molar-refractivity contribution is 5.84. The number of unbranched alkanes of at least 4 members (excludes halogenated alkanes) is 2. The number of carbonyl (C=O) groups excluding carboxylic acids is 2. The maximum atomic E-state index is 11.8. The van der Waals surface area contributed by atoms with E-state index in [4.69, 9.17) is 4.74 Å². The molecule has 3 nitrogen and oxygen atoms in total. The second kappa shape index (κ2) is 7.46. The fourth-order valence-corrected chi connectivity index (χ4v) is 2.60. The van der Waals surface area contributed by atoms with Gasteiger partial charge in [-0.25, -0.2) is 0 Å². The Balaban J connectivity index is 2.28. The molecule has 0 heterocycles. The van der Waals surface area contributed by atoms with Gasteiger partial charge in [0.2, 0.25) is 0 Å². The van der Waals surface area contributed by atoms with E-state index in [-0.39, 0.29) is 17.8 Å². The van der Waals surface area contributed by atoms with Gasteiger partial charge in [-0.05, 0) is 25.7 Å². The molecule has 0 aromatic rings. The minimum absolute atomic E-state index is 0.153. The third-order valence-corrected chi connectivity index (χ3v) is 3.48. The third kappa shape index (κ3) is 4.88. The lowest BCUT2D eigenvalue weighted by Crippen LogP contribution is -2.09. The minimum Gasteiger partial charge on any atom is -0.466 e. The van der Waals surface area contributed by atoms with Gasteiger partial charge in [-0.2, -0.15) is 0 Å². The molecular weight excluding hydrogens is 216 g/mol. The number of ketones is 1. The smallest absolute Gasteiger partial charge is 0.306 e. The lowest BCUT2D eigenvalue weighted by Gasteiger charge is -2.09. The highest BCUT2D eigenvalue weighted by Gasteiger charge is 2.33. The molecule has 1 aliphatic carbocycles. The number of Topliss-reactive ketones (excluding diaryl/α,β-unsaturated/α-hetero) is 1. The van der Waals surface area contributed by atoms with Gasteiger partial charge in [0.1, 0.15) is 5.78 Å². The first kappa shape index (κ1) is 14.2. The molecule has 3 heteroatoms. The average Bonchev–Trinajstić information content (AvgIpc) is 2.60.